The molecule has 0 spiro atoms. The number of aromatic nitrogens is 1. The van der Waals surface area contributed by atoms with Gasteiger partial charge in [-0.2, -0.15) is 0 Å². The van der Waals surface area contributed by atoms with Gasteiger partial charge in [-0.05, 0) is 37.8 Å². The fraction of sp³-hybridized carbons (Fsp3) is 0.593. The van der Waals surface area contributed by atoms with Gasteiger partial charge in [-0.25, -0.2) is 0 Å². The van der Waals surface area contributed by atoms with E-state index in [9.17, 15) is 25.2 Å². The van der Waals surface area contributed by atoms with Crippen molar-refractivity contribution in [2.24, 2.45) is 0 Å². The normalized spacial score (nSPS) is 22.7. The lowest BCUT2D eigenvalue weighted by Crippen LogP contribution is -2.48. The molecule has 3 aliphatic rings. The van der Waals surface area contributed by atoms with E-state index in [-0.39, 0.29) is 37.1 Å². The number of amides is 1. The molecule has 1 amide bonds. The Hall–Kier alpha value is -2.95. The van der Waals surface area contributed by atoms with Gasteiger partial charge in [0.25, 0.3) is 0 Å². The van der Waals surface area contributed by atoms with Crippen molar-refractivity contribution in [2.75, 3.05) is 44.2 Å². The molecule has 10 nitrogen and oxygen atoms in total. The molecule has 37 heavy (non-hydrogen) atoms. The van der Waals surface area contributed by atoms with Gasteiger partial charge in [0.15, 0.2) is 11.8 Å². The standard InChI is InChI=1S/C27H38N4O6/c32-22-15-19-20(16-23(22)33)27(36)31(26(19)35)17-25(34)28-9-10-29-11-13-30(14-12-29)21-7-3-4-8-24(21)37-18-5-1-2-6-18/h3-4,7-8,18,22-23,32-33,35-36H,1-2,5-6,9-17H2,(H,28,34). The maximum Gasteiger partial charge on any atom is 0.240 e. The summed E-state index contributed by atoms with van der Waals surface area (Å²) in [6.07, 6.45) is 3.13. The molecule has 2 fully saturated rings. The van der Waals surface area contributed by atoms with E-state index in [0.717, 1.165) is 55.0 Å². The van der Waals surface area contributed by atoms with Crippen LogP contribution in [0.2, 0.25) is 0 Å². The highest BCUT2D eigenvalue weighted by Crippen LogP contribution is 2.38. The van der Waals surface area contributed by atoms with Crippen molar-refractivity contribution >= 4 is 11.6 Å². The largest absolute Gasteiger partial charge is 0.494 e. The van der Waals surface area contributed by atoms with Crippen LogP contribution in [0, 0.1) is 0 Å². The highest BCUT2D eigenvalue weighted by molar-refractivity contribution is 5.76. The zero-order chi connectivity index (χ0) is 25.9. The van der Waals surface area contributed by atoms with Gasteiger partial charge in [0.05, 0.1) is 24.0 Å². The first-order valence-electron chi connectivity index (χ1n) is 13.4. The highest BCUT2D eigenvalue weighted by atomic mass is 16.5. The molecule has 1 aliphatic heterocycles. The molecule has 1 saturated heterocycles. The summed E-state index contributed by atoms with van der Waals surface area (Å²) in [6.45, 7) is 4.45. The number of nitrogens with zero attached hydrogens (tertiary/aromatic N) is 3. The van der Waals surface area contributed by atoms with E-state index in [1.807, 2.05) is 6.07 Å². The molecule has 2 aliphatic carbocycles. The Morgan fingerprint density at radius 3 is 2.22 bits per heavy atom. The third kappa shape index (κ3) is 5.66. The second kappa shape index (κ2) is 11.2. The summed E-state index contributed by atoms with van der Waals surface area (Å²) in [7, 11) is 0. The summed E-state index contributed by atoms with van der Waals surface area (Å²) in [5.41, 5.74) is 1.92. The summed E-state index contributed by atoms with van der Waals surface area (Å²) in [4.78, 5) is 17.2. The maximum atomic E-state index is 12.5. The number of aliphatic hydroxyl groups is 2. The van der Waals surface area contributed by atoms with Crippen LogP contribution < -0.4 is 15.0 Å². The molecule has 1 aromatic heterocycles. The number of hydrogen-bond donors (Lipinski definition) is 5. The van der Waals surface area contributed by atoms with Gasteiger partial charge in [-0.3, -0.25) is 14.3 Å². The van der Waals surface area contributed by atoms with Gasteiger partial charge in [0, 0.05) is 63.2 Å². The van der Waals surface area contributed by atoms with Crippen molar-refractivity contribution in [3.8, 4) is 17.5 Å². The third-order valence-corrected chi connectivity index (χ3v) is 7.91. The Morgan fingerprint density at radius 2 is 1.57 bits per heavy atom. The van der Waals surface area contributed by atoms with Gasteiger partial charge in [0.1, 0.15) is 12.3 Å². The summed E-state index contributed by atoms with van der Waals surface area (Å²) >= 11 is 0. The molecule has 2 heterocycles. The van der Waals surface area contributed by atoms with Crippen molar-refractivity contribution in [3.63, 3.8) is 0 Å². The van der Waals surface area contributed by atoms with Crippen LogP contribution in [0.15, 0.2) is 24.3 Å². The Balaban J connectivity index is 1.08. The molecule has 5 rings (SSSR count). The Kier molecular flexibility index (Phi) is 7.78. The Bertz CT molecular complexity index is 1060. The van der Waals surface area contributed by atoms with Gasteiger partial charge < -0.3 is 35.4 Å². The summed E-state index contributed by atoms with van der Waals surface area (Å²) in [6, 6.07) is 8.28. The van der Waals surface area contributed by atoms with E-state index in [1.165, 1.54) is 12.8 Å². The number of para-hydroxylation sites is 2. The second-order valence-electron chi connectivity index (χ2n) is 10.4. The number of carbonyl (C=O) groups excluding carboxylic acids is 1. The van der Waals surface area contributed by atoms with Gasteiger partial charge in [-0.1, -0.05) is 12.1 Å². The fourth-order valence-electron chi connectivity index (χ4n) is 5.73. The van der Waals surface area contributed by atoms with E-state index in [0.29, 0.717) is 30.3 Å². The predicted molar refractivity (Wildman–Crippen MR) is 138 cm³/mol. The van der Waals surface area contributed by atoms with Crippen LogP contribution in [0.3, 0.4) is 0 Å². The minimum atomic E-state index is -1.00. The van der Waals surface area contributed by atoms with E-state index >= 15 is 0 Å². The van der Waals surface area contributed by atoms with Gasteiger partial charge in [-0.15, -0.1) is 0 Å². The average molecular weight is 515 g/mol. The van der Waals surface area contributed by atoms with Crippen LogP contribution in [-0.4, -0.2) is 93.4 Å². The summed E-state index contributed by atoms with van der Waals surface area (Å²) in [5.74, 6) is 0.178. The molecule has 1 aromatic carbocycles. The van der Waals surface area contributed by atoms with Crippen LogP contribution in [0.4, 0.5) is 5.69 Å². The number of piperazine rings is 1. The number of benzene rings is 1. The number of aliphatic hydroxyl groups excluding tert-OH is 2. The molecule has 10 heteroatoms. The van der Waals surface area contributed by atoms with Crippen LogP contribution >= 0.6 is 0 Å². The first kappa shape index (κ1) is 25.7. The SMILES string of the molecule is O=C(Cn1c(O)c2c(c1O)CC(O)C(O)C2)NCCN1CCN(c2ccccc2OC2CCCC2)CC1. The van der Waals surface area contributed by atoms with Gasteiger partial charge >= 0.3 is 0 Å². The molecule has 202 valence electrons. The number of rotatable bonds is 8. The van der Waals surface area contributed by atoms with E-state index in [4.69, 9.17) is 4.74 Å². The lowest BCUT2D eigenvalue weighted by Gasteiger charge is -2.37. The van der Waals surface area contributed by atoms with Crippen molar-refractivity contribution < 1.29 is 30.0 Å². The number of aromatic hydroxyl groups is 2. The summed E-state index contributed by atoms with van der Waals surface area (Å²) < 4.78 is 7.45. The number of fused-ring (bicyclic) bond motifs is 1. The fourth-order valence-corrected chi connectivity index (χ4v) is 5.73. The van der Waals surface area contributed by atoms with E-state index < -0.39 is 12.2 Å². The number of anilines is 1. The average Bonchev–Trinajstić information content (AvgIpc) is 3.48. The minimum Gasteiger partial charge on any atom is -0.494 e. The molecule has 1 saturated carbocycles. The van der Waals surface area contributed by atoms with Crippen molar-refractivity contribution in [3.05, 3.63) is 35.4 Å². The zero-order valence-corrected chi connectivity index (χ0v) is 21.2. The number of carbonyl (C=O) groups is 1. The van der Waals surface area contributed by atoms with Crippen LogP contribution in [0.1, 0.15) is 36.8 Å². The van der Waals surface area contributed by atoms with Crippen LogP contribution in [0.5, 0.6) is 17.5 Å². The smallest absolute Gasteiger partial charge is 0.240 e. The first-order valence-corrected chi connectivity index (χ1v) is 13.4. The highest BCUT2D eigenvalue weighted by Gasteiger charge is 2.33. The number of ether oxygens (including phenoxy) is 1. The molecular weight excluding hydrogens is 476 g/mol. The molecule has 2 unspecified atom stereocenters. The second-order valence-corrected chi connectivity index (χ2v) is 10.4. The molecule has 5 N–H and O–H groups in total. The lowest BCUT2D eigenvalue weighted by atomic mass is 9.90. The topological polar surface area (TPSA) is 131 Å². The van der Waals surface area contributed by atoms with Crippen LogP contribution in [-0.2, 0) is 24.2 Å². The molecule has 2 atom stereocenters. The Morgan fingerprint density at radius 1 is 0.946 bits per heavy atom. The van der Waals surface area contributed by atoms with Crippen molar-refractivity contribution in [2.45, 2.75) is 63.4 Å². The van der Waals surface area contributed by atoms with Crippen LogP contribution in [0.25, 0.3) is 0 Å². The number of hydrogen-bond acceptors (Lipinski definition) is 8. The Labute approximate surface area is 217 Å². The monoisotopic (exact) mass is 514 g/mol. The van der Waals surface area contributed by atoms with E-state index in [2.05, 4.69) is 33.3 Å². The van der Waals surface area contributed by atoms with Gasteiger partial charge in [0.2, 0.25) is 5.91 Å². The zero-order valence-electron chi connectivity index (χ0n) is 21.2. The summed E-state index contributed by atoms with van der Waals surface area (Å²) in [5, 5.41) is 43.6. The third-order valence-electron chi connectivity index (χ3n) is 7.91. The van der Waals surface area contributed by atoms with E-state index in [1.54, 1.807) is 0 Å². The minimum absolute atomic E-state index is 0.0354. The quantitative estimate of drug-likeness (QED) is 0.353. The molecule has 2 aromatic rings. The maximum absolute atomic E-state index is 12.5. The first-order chi connectivity index (χ1) is 17.9. The van der Waals surface area contributed by atoms with Crippen molar-refractivity contribution in [1.82, 2.24) is 14.8 Å². The molecule has 0 bridgehead atoms. The predicted octanol–water partition coefficient (Wildman–Crippen LogP) is 0.980. The van der Waals surface area contributed by atoms with Crippen molar-refractivity contribution in [1.29, 1.82) is 0 Å². The lowest BCUT2D eigenvalue weighted by molar-refractivity contribution is -0.121. The number of nitrogens with one attached hydrogen (secondary N) is 1. The molecular formula is C27H38N4O6. The molecule has 0 radical (unpaired) electrons.